The molecule has 1 heteroatoms. The van der Waals surface area contributed by atoms with E-state index in [2.05, 4.69) is 196 Å². The van der Waals surface area contributed by atoms with Gasteiger partial charge in [-0.15, -0.1) is 0 Å². The quantitative estimate of drug-likeness (QED) is 0.131. The Bertz CT molecular complexity index is 3070. The smallest absolute Gasteiger partial charge is 0.0618 e. The predicted octanol–water partition coefficient (Wildman–Crippen LogP) is 15.0. The van der Waals surface area contributed by atoms with Gasteiger partial charge in [0.2, 0.25) is 0 Å². The Morgan fingerprint density at radius 1 is 0.389 bits per heavy atom. The highest BCUT2D eigenvalue weighted by atomic mass is 15.1. The lowest BCUT2D eigenvalue weighted by atomic mass is 9.82. The largest absolute Gasteiger partial charge is 0.309 e. The fourth-order valence-electron chi connectivity index (χ4n) is 9.76. The summed E-state index contributed by atoms with van der Waals surface area (Å²) < 4.78 is 0. The molecule has 1 aliphatic carbocycles. The number of rotatable bonds is 4. The van der Waals surface area contributed by atoms with Crippen molar-refractivity contribution < 1.29 is 0 Å². The SMILES string of the molecule is Cc1ccc(N(c2ccc3c(c2)C(C)(C)c2ccccc2-3)c2c3ccccc3c(-c3ccc4ccc5cc(C)cc6ccc3c4c56)c3ccccc23)cc1. The average Bonchev–Trinajstić information content (AvgIpc) is 3.43. The molecule has 0 spiro atoms. The fraction of sp³-hybridized carbons (Fsp3) is 0.0943. The van der Waals surface area contributed by atoms with E-state index in [1.54, 1.807) is 0 Å². The summed E-state index contributed by atoms with van der Waals surface area (Å²) in [7, 11) is 0. The van der Waals surface area contributed by atoms with E-state index in [9.17, 15) is 0 Å². The second-order valence-corrected chi connectivity index (χ2v) is 15.9. The summed E-state index contributed by atoms with van der Waals surface area (Å²) in [6.45, 7) is 9.10. The summed E-state index contributed by atoms with van der Waals surface area (Å²) in [5, 5.41) is 12.9. The molecule has 11 rings (SSSR count). The molecule has 0 saturated carbocycles. The van der Waals surface area contributed by atoms with Crippen LogP contribution in [0.5, 0.6) is 0 Å². The number of hydrogen-bond acceptors (Lipinski definition) is 1. The second kappa shape index (κ2) is 11.3. The van der Waals surface area contributed by atoms with Gasteiger partial charge in [0.1, 0.15) is 0 Å². The summed E-state index contributed by atoms with van der Waals surface area (Å²) in [4.78, 5) is 2.51. The van der Waals surface area contributed by atoms with Gasteiger partial charge >= 0.3 is 0 Å². The van der Waals surface area contributed by atoms with E-state index >= 15 is 0 Å². The molecular weight excluding hydrogens is 651 g/mol. The molecule has 0 N–H and O–H groups in total. The highest BCUT2D eigenvalue weighted by Crippen LogP contribution is 2.53. The van der Waals surface area contributed by atoms with Gasteiger partial charge in [0.15, 0.2) is 0 Å². The maximum Gasteiger partial charge on any atom is 0.0618 e. The Labute approximate surface area is 316 Å². The third-order valence-electron chi connectivity index (χ3n) is 12.3. The van der Waals surface area contributed by atoms with Crippen LogP contribution in [0.15, 0.2) is 164 Å². The zero-order chi connectivity index (χ0) is 36.3. The van der Waals surface area contributed by atoms with Gasteiger partial charge in [-0.2, -0.15) is 0 Å². The van der Waals surface area contributed by atoms with E-state index in [1.165, 1.54) is 110 Å². The molecule has 54 heavy (non-hydrogen) atoms. The van der Waals surface area contributed by atoms with Crippen LogP contribution < -0.4 is 4.90 Å². The molecule has 10 aromatic carbocycles. The Morgan fingerprint density at radius 2 is 0.944 bits per heavy atom. The molecule has 0 fully saturated rings. The van der Waals surface area contributed by atoms with E-state index in [0.717, 1.165) is 5.69 Å². The lowest BCUT2D eigenvalue weighted by molar-refractivity contribution is 0.660. The minimum atomic E-state index is -0.109. The molecule has 0 aliphatic heterocycles. The lowest BCUT2D eigenvalue weighted by Crippen LogP contribution is -2.17. The van der Waals surface area contributed by atoms with Crippen molar-refractivity contribution in [3.8, 4) is 22.3 Å². The second-order valence-electron chi connectivity index (χ2n) is 15.9. The van der Waals surface area contributed by atoms with Crippen LogP contribution in [0.25, 0.3) is 76.1 Å². The minimum Gasteiger partial charge on any atom is -0.309 e. The number of nitrogens with zero attached hydrogens (tertiary/aromatic N) is 1. The number of hydrogen-bond donors (Lipinski definition) is 0. The third-order valence-corrected chi connectivity index (χ3v) is 12.3. The van der Waals surface area contributed by atoms with Gasteiger partial charge in [-0.05, 0) is 120 Å². The van der Waals surface area contributed by atoms with E-state index in [-0.39, 0.29) is 5.41 Å². The molecule has 0 saturated heterocycles. The van der Waals surface area contributed by atoms with Crippen molar-refractivity contribution in [3.05, 3.63) is 186 Å². The molecule has 1 aliphatic rings. The van der Waals surface area contributed by atoms with Crippen molar-refractivity contribution in [2.24, 2.45) is 0 Å². The number of aryl methyl sites for hydroxylation is 2. The maximum absolute atomic E-state index is 2.51. The van der Waals surface area contributed by atoms with Crippen LogP contribution in [0.3, 0.4) is 0 Å². The molecule has 0 unspecified atom stereocenters. The Morgan fingerprint density at radius 3 is 1.67 bits per heavy atom. The predicted molar refractivity (Wildman–Crippen MR) is 232 cm³/mol. The summed E-state index contributed by atoms with van der Waals surface area (Å²) in [6, 6.07) is 61.8. The van der Waals surface area contributed by atoms with E-state index in [4.69, 9.17) is 0 Å². The van der Waals surface area contributed by atoms with Gasteiger partial charge in [0.05, 0.1) is 5.69 Å². The summed E-state index contributed by atoms with van der Waals surface area (Å²) >= 11 is 0. The molecule has 0 radical (unpaired) electrons. The normalized spacial score (nSPS) is 13.3. The first-order chi connectivity index (χ1) is 26.4. The summed E-state index contributed by atoms with van der Waals surface area (Å²) in [5.41, 5.74) is 13.9. The molecule has 0 heterocycles. The number of benzene rings is 10. The maximum atomic E-state index is 2.51. The first kappa shape index (κ1) is 31.1. The van der Waals surface area contributed by atoms with Gasteiger partial charge in [-0.1, -0.05) is 159 Å². The van der Waals surface area contributed by atoms with Crippen molar-refractivity contribution in [1.29, 1.82) is 0 Å². The van der Waals surface area contributed by atoms with E-state index in [1.807, 2.05) is 0 Å². The van der Waals surface area contributed by atoms with Crippen LogP contribution in [0.2, 0.25) is 0 Å². The molecule has 0 amide bonds. The van der Waals surface area contributed by atoms with Crippen LogP contribution in [0.1, 0.15) is 36.1 Å². The van der Waals surface area contributed by atoms with Gasteiger partial charge in [0.25, 0.3) is 0 Å². The number of fused-ring (bicyclic) bond motifs is 5. The molecular formula is C53H39N. The highest BCUT2D eigenvalue weighted by molar-refractivity contribution is 6.29. The van der Waals surface area contributed by atoms with Gasteiger partial charge in [-0.3, -0.25) is 0 Å². The molecule has 0 atom stereocenters. The molecule has 1 nitrogen and oxygen atoms in total. The first-order valence-electron chi connectivity index (χ1n) is 19.1. The summed E-state index contributed by atoms with van der Waals surface area (Å²) in [6.07, 6.45) is 0. The zero-order valence-corrected chi connectivity index (χ0v) is 31.0. The zero-order valence-electron chi connectivity index (χ0n) is 31.0. The van der Waals surface area contributed by atoms with Gasteiger partial charge in [0, 0.05) is 27.6 Å². The van der Waals surface area contributed by atoms with Crippen LogP contribution in [0, 0.1) is 13.8 Å². The van der Waals surface area contributed by atoms with Crippen LogP contribution >= 0.6 is 0 Å². The minimum absolute atomic E-state index is 0.109. The number of anilines is 3. The monoisotopic (exact) mass is 689 g/mol. The van der Waals surface area contributed by atoms with Crippen LogP contribution in [-0.2, 0) is 5.41 Å². The van der Waals surface area contributed by atoms with Crippen molar-refractivity contribution in [2.75, 3.05) is 4.90 Å². The molecule has 256 valence electrons. The first-order valence-corrected chi connectivity index (χ1v) is 19.1. The topological polar surface area (TPSA) is 3.24 Å². The van der Waals surface area contributed by atoms with E-state index in [0.29, 0.717) is 0 Å². The van der Waals surface area contributed by atoms with Crippen LogP contribution in [-0.4, -0.2) is 0 Å². The Balaban J connectivity index is 1.23. The highest BCUT2D eigenvalue weighted by Gasteiger charge is 2.36. The van der Waals surface area contributed by atoms with Crippen molar-refractivity contribution >= 4 is 70.9 Å². The molecule has 0 bridgehead atoms. The summed E-state index contributed by atoms with van der Waals surface area (Å²) in [5.74, 6) is 0. The standard InChI is InChI=1S/C53H39N/c1-32-17-23-37(24-18-32)54(38-25-28-40-39-11-9-10-16-47(39)53(3,4)48(40)31-38)52-45-14-7-5-12-41(45)51(42-13-6-8-15-46(42)52)44-26-21-34-19-20-35-29-33(2)30-36-22-27-43(44)50(34)49(35)36/h5-31H,1-4H3. The average molecular weight is 690 g/mol. The van der Waals surface area contributed by atoms with Gasteiger partial charge in [-0.25, -0.2) is 0 Å². The van der Waals surface area contributed by atoms with Crippen molar-refractivity contribution in [2.45, 2.75) is 33.1 Å². The Hall–Kier alpha value is -6.44. The lowest BCUT2D eigenvalue weighted by Gasteiger charge is -2.31. The van der Waals surface area contributed by atoms with Crippen molar-refractivity contribution in [1.82, 2.24) is 0 Å². The third kappa shape index (κ3) is 4.33. The molecule has 10 aromatic rings. The Kier molecular flexibility index (Phi) is 6.50. The molecule has 0 aromatic heterocycles. The van der Waals surface area contributed by atoms with Crippen LogP contribution in [0.4, 0.5) is 17.1 Å². The van der Waals surface area contributed by atoms with Crippen molar-refractivity contribution in [3.63, 3.8) is 0 Å². The fourth-order valence-corrected chi connectivity index (χ4v) is 9.76. The van der Waals surface area contributed by atoms with Gasteiger partial charge < -0.3 is 4.90 Å². The van der Waals surface area contributed by atoms with E-state index < -0.39 is 0 Å².